The molecular formula is C17H15ClN2O4S. The Hall–Kier alpha value is -2.38. The first-order valence-electron chi connectivity index (χ1n) is 7.53. The van der Waals surface area contributed by atoms with E-state index in [2.05, 4.69) is 4.72 Å². The number of imide groups is 1. The van der Waals surface area contributed by atoms with Crippen molar-refractivity contribution in [2.45, 2.75) is 24.7 Å². The Morgan fingerprint density at radius 1 is 1.00 bits per heavy atom. The van der Waals surface area contributed by atoms with E-state index < -0.39 is 10.0 Å². The largest absolute Gasteiger partial charge is 0.280 e. The zero-order chi connectivity index (χ0) is 18.2. The molecule has 1 fully saturated rings. The number of carbonyl (C=O) groups is 2. The SMILES string of the molecule is Cc1ccc(NS(=O)(=O)c2ccc(N3C(=O)CCC3=O)cc2)cc1Cl. The Balaban J connectivity index is 1.84. The molecule has 1 saturated heterocycles. The smallest absolute Gasteiger partial charge is 0.261 e. The summed E-state index contributed by atoms with van der Waals surface area (Å²) in [6.07, 6.45) is 0.350. The van der Waals surface area contributed by atoms with Crippen molar-refractivity contribution in [3.63, 3.8) is 0 Å². The molecule has 2 amide bonds. The molecule has 0 aliphatic carbocycles. The molecule has 6 nitrogen and oxygen atoms in total. The topological polar surface area (TPSA) is 83.6 Å². The van der Waals surface area contributed by atoms with Crippen molar-refractivity contribution in [1.82, 2.24) is 0 Å². The van der Waals surface area contributed by atoms with Crippen LogP contribution >= 0.6 is 11.6 Å². The number of nitrogens with zero attached hydrogens (tertiary/aromatic N) is 1. The molecule has 0 radical (unpaired) electrons. The summed E-state index contributed by atoms with van der Waals surface area (Å²) in [4.78, 5) is 24.6. The van der Waals surface area contributed by atoms with Crippen LogP contribution in [0.4, 0.5) is 11.4 Å². The Morgan fingerprint density at radius 3 is 2.16 bits per heavy atom. The number of hydrogen-bond donors (Lipinski definition) is 1. The van der Waals surface area contributed by atoms with Crippen LogP contribution in [0.2, 0.25) is 5.02 Å². The number of hydrogen-bond acceptors (Lipinski definition) is 4. The fourth-order valence-corrected chi connectivity index (χ4v) is 3.74. The summed E-state index contributed by atoms with van der Waals surface area (Å²) in [6.45, 7) is 1.82. The number of anilines is 2. The number of halogens is 1. The van der Waals surface area contributed by atoms with Gasteiger partial charge in [-0.05, 0) is 48.9 Å². The predicted molar refractivity (Wildman–Crippen MR) is 95.2 cm³/mol. The van der Waals surface area contributed by atoms with E-state index in [-0.39, 0.29) is 29.6 Å². The van der Waals surface area contributed by atoms with Gasteiger partial charge in [0.2, 0.25) is 11.8 Å². The van der Waals surface area contributed by atoms with E-state index in [4.69, 9.17) is 11.6 Å². The summed E-state index contributed by atoms with van der Waals surface area (Å²) in [6, 6.07) is 10.5. The van der Waals surface area contributed by atoms with Crippen LogP contribution in [0.15, 0.2) is 47.4 Å². The first-order chi connectivity index (χ1) is 11.8. The van der Waals surface area contributed by atoms with Crippen molar-refractivity contribution in [2.75, 3.05) is 9.62 Å². The van der Waals surface area contributed by atoms with Crippen LogP contribution in [0.3, 0.4) is 0 Å². The van der Waals surface area contributed by atoms with E-state index >= 15 is 0 Å². The van der Waals surface area contributed by atoms with Crippen LogP contribution in [0.25, 0.3) is 0 Å². The second-order valence-corrected chi connectivity index (χ2v) is 7.78. The number of benzene rings is 2. The second-order valence-electron chi connectivity index (χ2n) is 5.69. The zero-order valence-electron chi connectivity index (χ0n) is 13.3. The first kappa shape index (κ1) is 17.4. The summed E-state index contributed by atoms with van der Waals surface area (Å²) < 4.78 is 27.4. The van der Waals surface area contributed by atoms with Gasteiger partial charge < -0.3 is 0 Å². The summed E-state index contributed by atoms with van der Waals surface area (Å²) in [5, 5.41) is 0.460. The van der Waals surface area contributed by atoms with Crippen molar-refractivity contribution in [1.29, 1.82) is 0 Å². The molecule has 2 aromatic carbocycles. The maximum absolute atomic E-state index is 12.5. The standard InChI is InChI=1S/C17H15ClN2O4S/c1-11-2-3-12(10-15(11)18)19-25(23,24)14-6-4-13(5-7-14)20-16(21)8-9-17(20)22/h2-7,10,19H,8-9H2,1H3. The Morgan fingerprint density at radius 2 is 1.60 bits per heavy atom. The maximum Gasteiger partial charge on any atom is 0.261 e. The third kappa shape index (κ3) is 3.52. The molecule has 0 aromatic heterocycles. The van der Waals surface area contributed by atoms with Gasteiger partial charge in [0.25, 0.3) is 10.0 Å². The van der Waals surface area contributed by atoms with Gasteiger partial charge in [-0.3, -0.25) is 19.2 Å². The molecule has 3 rings (SSSR count). The van der Waals surface area contributed by atoms with Gasteiger partial charge >= 0.3 is 0 Å². The molecule has 130 valence electrons. The maximum atomic E-state index is 12.5. The number of aryl methyl sites for hydroxylation is 1. The van der Waals surface area contributed by atoms with Gasteiger partial charge in [-0.25, -0.2) is 8.42 Å². The Labute approximate surface area is 150 Å². The van der Waals surface area contributed by atoms with Gasteiger partial charge in [0.05, 0.1) is 16.3 Å². The van der Waals surface area contributed by atoms with E-state index in [1.165, 1.54) is 30.3 Å². The van der Waals surface area contributed by atoms with Crippen molar-refractivity contribution < 1.29 is 18.0 Å². The predicted octanol–water partition coefficient (Wildman–Crippen LogP) is 3.10. The van der Waals surface area contributed by atoms with Crippen LogP contribution in [0.5, 0.6) is 0 Å². The highest BCUT2D eigenvalue weighted by molar-refractivity contribution is 7.92. The molecule has 2 aromatic rings. The lowest BCUT2D eigenvalue weighted by atomic mass is 10.2. The van der Waals surface area contributed by atoms with Crippen LogP contribution in [0, 0.1) is 6.92 Å². The Kier molecular flexibility index (Phi) is 4.53. The first-order valence-corrected chi connectivity index (χ1v) is 9.39. The van der Waals surface area contributed by atoms with E-state index in [0.717, 1.165) is 10.5 Å². The number of carbonyl (C=O) groups excluding carboxylic acids is 2. The second kappa shape index (κ2) is 6.50. The monoisotopic (exact) mass is 378 g/mol. The minimum atomic E-state index is -3.81. The normalized spacial score (nSPS) is 14.9. The van der Waals surface area contributed by atoms with Gasteiger partial charge in [-0.1, -0.05) is 17.7 Å². The quantitative estimate of drug-likeness (QED) is 0.828. The summed E-state index contributed by atoms with van der Waals surface area (Å²) in [7, 11) is -3.81. The lowest BCUT2D eigenvalue weighted by Gasteiger charge is -2.14. The van der Waals surface area contributed by atoms with Gasteiger partial charge in [0.1, 0.15) is 0 Å². The number of amides is 2. The third-order valence-electron chi connectivity index (χ3n) is 3.88. The molecule has 0 bridgehead atoms. The van der Waals surface area contributed by atoms with Crippen molar-refractivity contribution >= 4 is 44.8 Å². The number of rotatable bonds is 4. The highest BCUT2D eigenvalue weighted by Crippen LogP contribution is 2.26. The highest BCUT2D eigenvalue weighted by atomic mass is 35.5. The average molecular weight is 379 g/mol. The molecule has 8 heteroatoms. The molecule has 0 unspecified atom stereocenters. The molecule has 0 atom stereocenters. The van der Waals surface area contributed by atoms with Crippen LogP contribution in [0.1, 0.15) is 18.4 Å². The van der Waals surface area contributed by atoms with Crippen LogP contribution < -0.4 is 9.62 Å². The fraction of sp³-hybridized carbons (Fsp3) is 0.176. The molecule has 0 saturated carbocycles. The summed E-state index contributed by atoms with van der Waals surface area (Å²) in [5.41, 5.74) is 1.56. The van der Waals surface area contributed by atoms with E-state index in [9.17, 15) is 18.0 Å². The lowest BCUT2D eigenvalue weighted by molar-refractivity contribution is -0.121. The van der Waals surface area contributed by atoms with Gasteiger partial charge in [-0.15, -0.1) is 0 Å². The van der Waals surface area contributed by atoms with Gasteiger partial charge in [0.15, 0.2) is 0 Å². The van der Waals surface area contributed by atoms with Gasteiger partial charge in [0, 0.05) is 17.9 Å². The summed E-state index contributed by atoms with van der Waals surface area (Å²) in [5.74, 6) is -0.568. The lowest BCUT2D eigenvalue weighted by Crippen LogP contribution is -2.28. The molecule has 1 aliphatic heterocycles. The molecular weight excluding hydrogens is 364 g/mol. The van der Waals surface area contributed by atoms with E-state index in [1.54, 1.807) is 12.1 Å². The van der Waals surface area contributed by atoms with Crippen molar-refractivity contribution in [3.05, 3.63) is 53.1 Å². The third-order valence-corrected chi connectivity index (χ3v) is 5.69. The molecule has 1 N–H and O–H groups in total. The van der Waals surface area contributed by atoms with Crippen LogP contribution in [-0.2, 0) is 19.6 Å². The molecule has 25 heavy (non-hydrogen) atoms. The number of sulfonamides is 1. The van der Waals surface area contributed by atoms with E-state index in [1.807, 2.05) is 6.92 Å². The zero-order valence-corrected chi connectivity index (χ0v) is 14.9. The summed E-state index contributed by atoms with van der Waals surface area (Å²) >= 11 is 6.01. The average Bonchev–Trinajstić information content (AvgIpc) is 2.90. The molecule has 1 aliphatic rings. The molecule has 1 heterocycles. The highest BCUT2D eigenvalue weighted by Gasteiger charge is 2.30. The fourth-order valence-electron chi connectivity index (χ4n) is 2.51. The molecule has 0 spiro atoms. The van der Waals surface area contributed by atoms with Crippen molar-refractivity contribution in [2.24, 2.45) is 0 Å². The van der Waals surface area contributed by atoms with Gasteiger partial charge in [-0.2, -0.15) is 0 Å². The van der Waals surface area contributed by atoms with Crippen LogP contribution in [-0.4, -0.2) is 20.2 Å². The minimum Gasteiger partial charge on any atom is -0.280 e. The van der Waals surface area contributed by atoms with Crippen molar-refractivity contribution in [3.8, 4) is 0 Å². The Bertz CT molecular complexity index is 939. The number of nitrogens with one attached hydrogen (secondary N) is 1. The minimum absolute atomic E-state index is 0.0204. The van der Waals surface area contributed by atoms with E-state index in [0.29, 0.717) is 16.4 Å².